The first-order valence-electron chi connectivity index (χ1n) is 13.4. The highest BCUT2D eigenvalue weighted by molar-refractivity contribution is 7.91. The van der Waals surface area contributed by atoms with E-state index in [1.807, 2.05) is 0 Å². The predicted octanol–water partition coefficient (Wildman–Crippen LogP) is 6.60. The smallest absolute Gasteiger partial charge is 0.416 e. The van der Waals surface area contributed by atoms with Gasteiger partial charge in [0.1, 0.15) is 5.60 Å². The first-order valence-corrected chi connectivity index (χ1v) is 14.5. The molecule has 2 aromatic carbocycles. The van der Waals surface area contributed by atoms with E-state index in [0.29, 0.717) is 17.7 Å². The number of aryl methyl sites for hydroxylation is 1. The van der Waals surface area contributed by atoms with Crippen LogP contribution in [0.1, 0.15) is 64.2 Å². The van der Waals surface area contributed by atoms with Gasteiger partial charge in [0.2, 0.25) is 5.54 Å². The second-order valence-electron chi connectivity index (χ2n) is 10.5. The summed E-state index contributed by atoms with van der Waals surface area (Å²) in [5.74, 6) is -2.12. The lowest BCUT2D eigenvalue weighted by Crippen LogP contribution is -2.62. The van der Waals surface area contributed by atoms with Crippen LogP contribution in [0.4, 0.5) is 31.1 Å². The Morgan fingerprint density at radius 2 is 1.27 bits per heavy atom. The van der Waals surface area contributed by atoms with E-state index in [1.54, 1.807) is 20.8 Å². The van der Waals surface area contributed by atoms with Crippen molar-refractivity contribution in [1.82, 2.24) is 5.32 Å². The molecule has 0 aromatic heterocycles. The normalized spacial score (nSPS) is 13.2. The summed E-state index contributed by atoms with van der Waals surface area (Å²) in [5.41, 5.74) is -5.80. The zero-order valence-electron chi connectivity index (χ0n) is 24.6. The monoisotopic (exact) mass is 653 g/mol. The van der Waals surface area contributed by atoms with Gasteiger partial charge >= 0.3 is 30.4 Å². The molecule has 0 heterocycles. The topological polar surface area (TPSA) is 114 Å². The average Bonchev–Trinajstić information content (AvgIpc) is 2.90. The molecule has 15 heteroatoms. The molecule has 1 N–H and O–H groups in total. The average molecular weight is 654 g/mol. The fourth-order valence-corrected chi connectivity index (χ4v) is 5.07. The van der Waals surface area contributed by atoms with Crippen molar-refractivity contribution in [1.29, 1.82) is 0 Å². The van der Waals surface area contributed by atoms with E-state index in [-0.39, 0.29) is 43.4 Å². The molecule has 0 aliphatic rings. The van der Waals surface area contributed by atoms with Crippen LogP contribution in [0.2, 0.25) is 0 Å². The highest BCUT2D eigenvalue weighted by Gasteiger charge is 2.51. The summed E-state index contributed by atoms with van der Waals surface area (Å²) >= 11 is -2.38. The van der Waals surface area contributed by atoms with E-state index in [0.717, 1.165) is 0 Å². The molecule has 0 spiro atoms. The number of carbonyl (C=O) groups is 3. The molecule has 1 unspecified atom stereocenters. The molecule has 44 heavy (non-hydrogen) atoms. The van der Waals surface area contributed by atoms with E-state index in [9.17, 15) is 45.3 Å². The highest BCUT2D eigenvalue weighted by atomic mass is 32.2. The summed E-state index contributed by atoms with van der Waals surface area (Å²) in [7, 11) is 0. The minimum Gasteiger partial charge on any atom is -0.606 e. The van der Waals surface area contributed by atoms with Crippen molar-refractivity contribution in [3.8, 4) is 0 Å². The van der Waals surface area contributed by atoms with Gasteiger partial charge in [-0.2, -0.15) is 26.3 Å². The van der Waals surface area contributed by atoms with Crippen LogP contribution in [0.5, 0.6) is 0 Å². The van der Waals surface area contributed by atoms with E-state index in [1.165, 1.54) is 38.1 Å². The number of alkyl halides is 6. The molecule has 0 aliphatic carbocycles. The highest BCUT2D eigenvalue weighted by Crippen LogP contribution is 2.38. The number of halogens is 6. The van der Waals surface area contributed by atoms with Crippen molar-refractivity contribution in [2.24, 2.45) is 0 Å². The molecule has 244 valence electrons. The third kappa shape index (κ3) is 10.0. The van der Waals surface area contributed by atoms with Crippen LogP contribution in [0, 0.1) is 0 Å². The number of hydrogen-bond donors (Lipinski definition) is 1. The lowest BCUT2D eigenvalue weighted by Gasteiger charge is -2.31. The molecule has 2 rings (SSSR count). The van der Waals surface area contributed by atoms with Gasteiger partial charge in [-0.15, -0.1) is 0 Å². The molecule has 0 bridgehead atoms. The largest absolute Gasteiger partial charge is 0.606 e. The van der Waals surface area contributed by atoms with Gasteiger partial charge in [-0.3, -0.25) is 5.32 Å². The van der Waals surface area contributed by atoms with Gasteiger partial charge in [0, 0.05) is 23.3 Å². The van der Waals surface area contributed by atoms with Crippen LogP contribution in [0.15, 0.2) is 52.3 Å². The predicted molar refractivity (Wildman–Crippen MR) is 146 cm³/mol. The first-order chi connectivity index (χ1) is 20.2. The van der Waals surface area contributed by atoms with Crippen LogP contribution < -0.4 is 5.32 Å². The molecule has 8 nitrogen and oxygen atoms in total. The number of benzene rings is 2. The molecule has 0 radical (unpaired) electrons. The van der Waals surface area contributed by atoms with Crippen molar-refractivity contribution >= 4 is 29.2 Å². The van der Waals surface area contributed by atoms with Crippen molar-refractivity contribution in [3.63, 3.8) is 0 Å². The number of rotatable bonds is 11. The number of esters is 2. The molecule has 0 aliphatic heterocycles. The number of alkyl carbamates (subject to hydrolysis) is 1. The minimum absolute atomic E-state index is 0.0475. The maximum atomic E-state index is 13.2. The molecular weight excluding hydrogens is 620 g/mol. The van der Waals surface area contributed by atoms with Crippen LogP contribution in [-0.2, 0) is 53.7 Å². The maximum absolute atomic E-state index is 13.2. The van der Waals surface area contributed by atoms with Crippen LogP contribution in [0.3, 0.4) is 0 Å². The van der Waals surface area contributed by atoms with Gasteiger partial charge in [-0.05, 0) is 77.6 Å². The number of amides is 1. The Hall–Kier alpha value is -3.46. The second kappa shape index (κ2) is 14.5. The van der Waals surface area contributed by atoms with Crippen LogP contribution >= 0.6 is 0 Å². The van der Waals surface area contributed by atoms with E-state index >= 15 is 0 Å². The lowest BCUT2D eigenvalue weighted by molar-refractivity contribution is -0.166. The SMILES string of the molecule is CCOC(=O)C(CCCc1ccc([S+]([O-])c2cc(C(F)(F)F)cc(C(F)(F)F)c2)cc1)(NC(=O)OC(C)(C)C)C(=O)OCC. The molecule has 0 saturated heterocycles. The Balaban J connectivity index is 2.30. The summed E-state index contributed by atoms with van der Waals surface area (Å²) in [6.45, 7) is 7.56. The molecule has 1 atom stereocenters. The number of ether oxygens (including phenoxy) is 3. The minimum atomic E-state index is -5.09. The van der Waals surface area contributed by atoms with Crippen LogP contribution in [0.25, 0.3) is 0 Å². The molecular formula is C29H33F6NO7S. The van der Waals surface area contributed by atoms with Gasteiger partial charge in [-0.25, -0.2) is 14.4 Å². The quantitative estimate of drug-likeness (QED) is 0.0956. The van der Waals surface area contributed by atoms with Crippen molar-refractivity contribution < 1.29 is 59.5 Å². The summed E-state index contributed by atoms with van der Waals surface area (Å²) in [5, 5.41) is 2.30. The summed E-state index contributed by atoms with van der Waals surface area (Å²) in [6.07, 6.45) is -11.2. The zero-order valence-corrected chi connectivity index (χ0v) is 25.4. The fourth-order valence-electron chi connectivity index (χ4n) is 3.95. The number of carbonyl (C=O) groups excluding carboxylic acids is 3. The van der Waals surface area contributed by atoms with Crippen molar-refractivity contribution in [2.45, 2.75) is 87.2 Å². The van der Waals surface area contributed by atoms with Crippen molar-refractivity contribution in [2.75, 3.05) is 13.2 Å². The Labute approximate surface area is 253 Å². The van der Waals surface area contributed by atoms with Gasteiger partial charge in [0.25, 0.3) is 0 Å². The molecule has 0 fully saturated rings. The maximum Gasteiger partial charge on any atom is 0.416 e. The van der Waals surface area contributed by atoms with Gasteiger partial charge in [0.05, 0.1) is 24.3 Å². The number of nitrogens with one attached hydrogen (secondary N) is 1. The standard InChI is InChI=1S/C29H33F6NO7S/c1-6-41-23(37)27(24(38)42-7-2,36-25(39)43-26(3,4)5)14-8-9-18-10-12-21(13-11-18)44(40)22-16-19(28(30,31)32)15-20(17-22)29(33,34)35/h10-13,15-17H,6-9,14H2,1-5H3,(H,36,39). The van der Waals surface area contributed by atoms with Gasteiger partial charge < -0.3 is 18.8 Å². The first kappa shape index (κ1) is 36.7. The Bertz CT molecular complexity index is 1260. The summed E-state index contributed by atoms with van der Waals surface area (Å²) < 4.78 is 108. The lowest BCUT2D eigenvalue weighted by atomic mass is 9.91. The Morgan fingerprint density at radius 1 is 0.795 bits per heavy atom. The van der Waals surface area contributed by atoms with E-state index < -0.39 is 68.7 Å². The molecule has 2 aromatic rings. The fraction of sp³-hybridized carbons (Fsp3) is 0.483. The van der Waals surface area contributed by atoms with E-state index in [4.69, 9.17) is 14.2 Å². The third-order valence-corrected chi connectivity index (χ3v) is 7.26. The number of hydrogen-bond acceptors (Lipinski definition) is 7. The Kier molecular flexibility index (Phi) is 12.1. The third-order valence-electron chi connectivity index (χ3n) is 5.89. The molecule has 1 amide bonds. The van der Waals surface area contributed by atoms with Crippen molar-refractivity contribution in [3.05, 3.63) is 59.2 Å². The zero-order chi connectivity index (χ0) is 33.5. The van der Waals surface area contributed by atoms with Gasteiger partial charge in [0.15, 0.2) is 9.79 Å². The second-order valence-corrected chi connectivity index (χ2v) is 12.0. The molecule has 0 saturated carbocycles. The summed E-state index contributed by atoms with van der Waals surface area (Å²) in [4.78, 5) is 37.8. The van der Waals surface area contributed by atoms with Gasteiger partial charge in [-0.1, -0.05) is 12.1 Å². The van der Waals surface area contributed by atoms with E-state index in [2.05, 4.69) is 5.32 Å². The summed E-state index contributed by atoms with van der Waals surface area (Å²) in [6, 6.07) is 6.22. The Morgan fingerprint density at radius 3 is 1.68 bits per heavy atom. The van der Waals surface area contributed by atoms with Crippen LogP contribution in [-0.4, -0.2) is 46.9 Å².